The number of ether oxygens (including phenoxy) is 1. The molecule has 1 saturated heterocycles. The van der Waals surface area contributed by atoms with Gasteiger partial charge in [-0.3, -0.25) is 14.9 Å². The topological polar surface area (TPSA) is 128 Å². The molecule has 1 fully saturated rings. The smallest absolute Gasteiger partial charge is 0.294 e. The first-order valence-electron chi connectivity index (χ1n) is 10.6. The first kappa shape index (κ1) is 22.2. The van der Waals surface area contributed by atoms with Gasteiger partial charge in [-0.1, -0.05) is 0 Å². The summed E-state index contributed by atoms with van der Waals surface area (Å²) < 4.78 is 7.05. The summed E-state index contributed by atoms with van der Waals surface area (Å²) in [4.78, 5) is 33.5. The highest BCUT2D eigenvalue weighted by atomic mass is 16.6. The fourth-order valence-corrected chi connectivity index (χ4v) is 3.90. The predicted molar refractivity (Wildman–Crippen MR) is 123 cm³/mol. The van der Waals surface area contributed by atoms with Gasteiger partial charge < -0.3 is 15.0 Å². The number of methoxy groups -OCH3 is 1. The molecule has 4 rings (SSSR count). The Morgan fingerprint density at radius 2 is 1.97 bits per heavy atom. The molecule has 0 amide bonds. The molecule has 1 aromatic carbocycles. The Hall–Kier alpha value is -4.02. The number of carbonyl (C=O) groups is 1. The Labute approximate surface area is 190 Å². The van der Waals surface area contributed by atoms with Crippen LogP contribution in [0.25, 0.3) is 5.82 Å². The number of nitro groups is 1. The monoisotopic (exact) mass is 451 g/mol. The molecule has 3 heterocycles. The number of carbonyl (C=O) groups excluding carboxylic acids is 1. The Bertz CT molecular complexity index is 1200. The number of aryl methyl sites for hydroxylation is 2. The van der Waals surface area contributed by atoms with Crippen molar-refractivity contribution in [1.29, 1.82) is 0 Å². The molecule has 0 bridgehead atoms. The van der Waals surface area contributed by atoms with Crippen molar-refractivity contribution in [3.63, 3.8) is 0 Å². The maximum atomic E-state index is 11.9. The molecule has 11 nitrogen and oxygen atoms in total. The third-order valence-electron chi connectivity index (χ3n) is 5.66. The van der Waals surface area contributed by atoms with E-state index in [-0.39, 0.29) is 16.6 Å². The Kier molecular flexibility index (Phi) is 6.20. The molecule has 172 valence electrons. The summed E-state index contributed by atoms with van der Waals surface area (Å²) in [5, 5.41) is 19.2. The lowest BCUT2D eigenvalue weighted by atomic mass is 10.1. The highest BCUT2D eigenvalue weighted by molar-refractivity contribution is 5.77. The van der Waals surface area contributed by atoms with E-state index in [4.69, 9.17) is 4.74 Å². The molecule has 0 unspecified atom stereocenters. The number of nitro benzene ring substituents is 1. The molecule has 1 N–H and O–H groups in total. The van der Waals surface area contributed by atoms with Gasteiger partial charge in [0.25, 0.3) is 5.69 Å². The highest BCUT2D eigenvalue weighted by Gasteiger charge is 2.25. The molecule has 11 heteroatoms. The van der Waals surface area contributed by atoms with Crippen LogP contribution in [0.15, 0.2) is 24.5 Å². The number of anilines is 3. The molecule has 3 aromatic rings. The average molecular weight is 451 g/mol. The molecule has 0 atom stereocenters. The zero-order valence-corrected chi connectivity index (χ0v) is 18.7. The van der Waals surface area contributed by atoms with Crippen molar-refractivity contribution in [2.45, 2.75) is 33.1 Å². The first-order valence-corrected chi connectivity index (χ1v) is 10.6. The number of hydrogen-bond donors (Lipinski definition) is 1. The number of nitrogens with one attached hydrogen (secondary N) is 1. The molecule has 1 aliphatic rings. The minimum Gasteiger partial charge on any atom is -0.494 e. The van der Waals surface area contributed by atoms with E-state index in [0.29, 0.717) is 34.2 Å². The number of rotatable bonds is 7. The van der Waals surface area contributed by atoms with Crippen LogP contribution in [0, 0.1) is 24.0 Å². The van der Waals surface area contributed by atoms with E-state index in [2.05, 4.69) is 20.4 Å². The predicted octanol–water partition coefficient (Wildman–Crippen LogP) is 3.74. The first-order chi connectivity index (χ1) is 15.9. The van der Waals surface area contributed by atoms with Crippen LogP contribution in [0.5, 0.6) is 5.75 Å². The van der Waals surface area contributed by atoms with Crippen LogP contribution in [0.2, 0.25) is 0 Å². The summed E-state index contributed by atoms with van der Waals surface area (Å²) in [6.45, 7) is 5.11. The quantitative estimate of drug-likeness (QED) is 0.324. The van der Waals surface area contributed by atoms with Crippen molar-refractivity contribution < 1.29 is 14.5 Å². The van der Waals surface area contributed by atoms with Gasteiger partial charge in [0, 0.05) is 43.2 Å². The van der Waals surface area contributed by atoms with E-state index in [9.17, 15) is 14.9 Å². The van der Waals surface area contributed by atoms with Crippen molar-refractivity contribution in [1.82, 2.24) is 19.7 Å². The van der Waals surface area contributed by atoms with Gasteiger partial charge in [-0.15, -0.1) is 0 Å². The van der Waals surface area contributed by atoms with Crippen LogP contribution in [0.4, 0.5) is 23.0 Å². The number of aldehydes is 1. The van der Waals surface area contributed by atoms with E-state index in [0.717, 1.165) is 44.2 Å². The molecular formula is C22H25N7O4. The summed E-state index contributed by atoms with van der Waals surface area (Å²) in [5.74, 6) is 1.15. The Balaban J connectivity index is 1.71. The van der Waals surface area contributed by atoms with E-state index in [1.165, 1.54) is 17.9 Å². The average Bonchev–Trinajstić information content (AvgIpc) is 3.20. The third kappa shape index (κ3) is 4.47. The number of benzene rings is 1. The molecule has 0 saturated carbocycles. The lowest BCUT2D eigenvalue weighted by Crippen LogP contribution is -2.30. The minimum atomic E-state index is -0.385. The fraction of sp³-hybridized carbons (Fsp3) is 0.364. The molecular weight excluding hydrogens is 426 g/mol. The van der Waals surface area contributed by atoms with Gasteiger partial charge in [0.15, 0.2) is 12.1 Å². The molecule has 0 aliphatic carbocycles. The van der Waals surface area contributed by atoms with E-state index >= 15 is 0 Å². The van der Waals surface area contributed by atoms with Gasteiger partial charge in [0.1, 0.15) is 11.4 Å². The van der Waals surface area contributed by atoms with Gasteiger partial charge in [-0.05, 0) is 33.1 Å². The second-order valence-electron chi connectivity index (χ2n) is 7.90. The van der Waals surface area contributed by atoms with Crippen molar-refractivity contribution in [3.05, 3.63) is 51.5 Å². The molecule has 0 spiro atoms. The maximum Gasteiger partial charge on any atom is 0.294 e. The van der Waals surface area contributed by atoms with Crippen LogP contribution >= 0.6 is 0 Å². The Morgan fingerprint density at radius 3 is 2.61 bits per heavy atom. The van der Waals surface area contributed by atoms with E-state index in [1.807, 2.05) is 11.8 Å². The zero-order chi connectivity index (χ0) is 23.5. The standard InChI is InChI=1S/C22H25N7O4/c1-14-11-23-22(25-21(14)28-12-16(13-30)15(2)26-28)24-17-9-19(29(31)32)18(10-20(17)33-3)27-7-5-4-6-8-27/h9-13H,4-8H2,1-3H3,(H,23,24,25). The Morgan fingerprint density at radius 1 is 1.21 bits per heavy atom. The number of nitrogens with zero attached hydrogens (tertiary/aromatic N) is 6. The van der Waals surface area contributed by atoms with Crippen molar-refractivity contribution >= 4 is 29.3 Å². The molecule has 0 radical (unpaired) electrons. The lowest BCUT2D eigenvalue weighted by Gasteiger charge is -2.29. The van der Waals surface area contributed by atoms with Crippen molar-refractivity contribution in [2.75, 3.05) is 30.4 Å². The molecule has 2 aromatic heterocycles. The number of aromatic nitrogens is 4. The van der Waals surface area contributed by atoms with E-state index in [1.54, 1.807) is 25.4 Å². The van der Waals surface area contributed by atoms with Crippen molar-refractivity contribution in [3.8, 4) is 11.6 Å². The van der Waals surface area contributed by atoms with Crippen LogP contribution in [-0.2, 0) is 0 Å². The second kappa shape index (κ2) is 9.23. The number of hydrogen-bond acceptors (Lipinski definition) is 9. The third-order valence-corrected chi connectivity index (χ3v) is 5.66. The summed E-state index contributed by atoms with van der Waals surface area (Å²) in [6.07, 6.45) is 7.07. The molecule has 33 heavy (non-hydrogen) atoms. The summed E-state index contributed by atoms with van der Waals surface area (Å²) in [6, 6.07) is 3.14. The normalized spacial score (nSPS) is 13.6. The van der Waals surface area contributed by atoms with Gasteiger partial charge >= 0.3 is 0 Å². The van der Waals surface area contributed by atoms with E-state index < -0.39 is 0 Å². The summed E-state index contributed by atoms with van der Waals surface area (Å²) in [7, 11) is 1.52. The number of piperidine rings is 1. The van der Waals surface area contributed by atoms with Crippen LogP contribution in [-0.4, -0.2) is 51.2 Å². The lowest BCUT2D eigenvalue weighted by molar-refractivity contribution is -0.384. The van der Waals surface area contributed by atoms with Gasteiger partial charge in [0.05, 0.1) is 29.0 Å². The molecule has 1 aliphatic heterocycles. The highest BCUT2D eigenvalue weighted by Crippen LogP contribution is 2.40. The van der Waals surface area contributed by atoms with Gasteiger partial charge in [0.2, 0.25) is 5.95 Å². The minimum absolute atomic E-state index is 0.00846. The zero-order valence-electron chi connectivity index (χ0n) is 18.7. The second-order valence-corrected chi connectivity index (χ2v) is 7.90. The van der Waals surface area contributed by atoms with Crippen LogP contribution in [0.3, 0.4) is 0 Å². The fourth-order valence-electron chi connectivity index (χ4n) is 3.90. The largest absolute Gasteiger partial charge is 0.494 e. The summed E-state index contributed by atoms with van der Waals surface area (Å²) in [5.41, 5.74) is 2.71. The summed E-state index contributed by atoms with van der Waals surface area (Å²) >= 11 is 0. The SMILES string of the molecule is COc1cc(N2CCCCC2)c([N+](=O)[O-])cc1Nc1ncc(C)c(-n2cc(C=O)c(C)n2)n1. The van der Waals surface area contributed by atoms with Gasteiger partial charge in [-0.25, -0.2) is 9.67 Å². The maximum absolute atomic E-state index is 11.9. The van der Waals surface area contributed by atoms with Crippen LogP contribution in [0.1, 0.15) is 40.9 Å². The van der Waals surface area contributed by atoms with Gasteiger partial charge in [-0.2, -0.15) is 10.1 Å². The van der Waals surface area contributed by atoms with Crippen LogP contribution < -0.4 is 15.0 Å². The van der Waals surface area contributed by atoms with Crippen molar-refractivity contribution in [2.24, 2.45) is 0 Å².